The molecular formula is C7H8N4O4S. The zero-order valence-corrected chi connectivity index (χ0v) is 8.78. The van der Waals surface area contributed by atoms with E-state index in [2.05, 4.69) is 20.2 Å². The normalized spacial score (nSPS) is 9.50. The first kappa shape index (κ1) is 12.0. The number of hydrogen-bond donors (Lipinski definition) is 3. The molecule has 8 nitrogen and oxygen atoms in total. The number of carboxylic acids is 1. The van der Waals surface area contributed by atoms with E-state index in [4.69, 9.17) is 5.11 Å². The molecule has 1 aromatic rings. The second-order valence-corrected chi connectivity index (χ2v) is 3.25. The Labute approximate surface area is 93.8 Å². The molecule has 0 saturated carbocycles. The predicted octanol–water partition coefficient (Wildman–Crippen LogP) is -1.53. The van der Waals surface area contributed by atoms with Gasteiger partial charge in [0.2, 0.25) is 5.91 Å². The van der Waals surface area contributed by atoms with E-state index in [9.17, 15) is 14.4 Å². The van der Waals surface area contributed by atoms with E-state index < -0.39 is 24.3 Å². The summed E-state index contributed by atoms with van der Waals surface area (Å²) < 4.78 is 3.48. The van der Waals surface area contributed by atoms with Crippen LogP contribution in [0.4, 0.5) is 0 Å². The van der Waals surface area contributed by atoms with Crippen LogP contribution in [0.15, 0.2) is 5.38 Å². The SMILES string of the molecule is O=C(O)CNC(=O)CNC(=O)c1csnn1. The Balaban J connectivity index is 2.27. The van der Waals surface area contributed by atoms with Gasteiger partial charge < -0.3 is 15.7 Å². The molecule has 0 radical (unpaired) electrons. The van der Waals surface area contributed by atoms with Gasteiger partial charge in [0.1, 0.15) is 6.54 Å². The Morgan fingerprint density at radius 3 is 2.62 bits per heavy atom. The topological polar surface area (TPSA) is 121 Å². The molecule has 0 aliphatic rings. The van der Waals surface area contributed by atoms with Crippen LogP contribution in [-0.2, 0) is 9.59 Å². The number of carbonyl (C=O) groups excluding carboxylic acids is 2. The smallest absolute Gasteiger partial charge is 0.322 e. The number of rotatable bonds is 5. The van der Waals surface area contributed by atoms with Crippen LogP contribution in [0.1, 0.15) is 10.5 Å². The van der Waals surface area contributed by atoms with Crippen molar-refractivity contribution in [3.8, 4) is 0 Å². The maximum atomic E-state index is 11.2. The quantitative estimate of drug-likeness (QED) is 0.577. The minimum Gasteiger partial charge on any atom is -0.480 e. The van der Waals surface area contributed by atoms with Gasteiger partial charge in [-0.3, -0.25) is 14.4 Å². The van der Waals surface area contributed by atoms with E-state index in [0.717, 1.165) is 11.5 Å². The van der Waals surface area contributed by atoms with Gasteiger partial charge in [-0.2, -0.15) is 0 Å². The molecule has 0 aliphatic carbocycles. The Hall–Kier alpha value is -2.03. The van der Waals surface area contributed by atoms with Crippen molar-refractivity contribution in [2.75, 3.05) is 13.1 Å². The van der Waals surface area contributed by atoms with E-state index in [1.807, 2.05) is 0 Å². The van der Waals surface area contributed by atoms with E-state index in [1.165, 1.54) is 5.38 Å². The summed E-state index contributed by atoms with van der Waals surface area (Å²) >= 11 is 1.02. The van der Waals surface area contributed by atoms with Crippen LogP contribution in [0.3, 0.4) is 0 Å². The zero-order valence-electron chi connectivity index (χ0n) is 7.97. The fourth-order valence-corrected chi connectivity index (χ4v) is 1.19. The summed E-state index contributed by atoms with van der Waals surface area (Å²) in [6, 6.07) is 0. The summed E-state index contributed by atoms with van der Waals surface area (Å²) in [5, 5.41) is 17.6. The average Bonchev–Trinajstić information content (AvgIpc) is 2.76. The maximum Gasteiger partial charge on any atom is 0.322 e. The predicted molar refractivity (Wildman–Crippen MR) is 52.9 cm³/mol. The number of hydrogen-bond acceptors (Lipinski definition) is 6. The van der Waals surface area contributed by atoms with Crippen molar-refractivity contribution in [2.45, 2.75) is 0 Å². The summed E-state index contributed by atoms with van der Waals surface area (Å²) in [5.74, 6) is -2.26. The summed E-state index contributed by atoms with van der Waals surface area (Å²) in [7, 11) is 0. The molecule has 16 heavy (non-hydrogen) atoms. The van der Waals surface area contributed by atoms with Crippen LogP contribution >= 0.6 is 11.5 Å². The number of aliphatic carboxylic acids is 1. The van der Waals surface area contributed by atoms with Gasteiger partial charge >= 0.3 is 5.97 Å². The molecule has 86 valence electrons. The lowest BCUT2D eigenvalue weighted by molar-refractivity contribution is -0.137. The van der Waals surface area contributed by atoms with Crippen molar-refractivity contribution in [1.82, 2.24) is 20.2 Å². The third-order valence-electron chi connectivity index (χ3n) is 1.44. The molecular weight excluding hydrogens is 236 g/mol. The van der Waals surface area contributed by atoms with Crippen molar-refractivity contribution in [3.05, 3.63) is 11.1 Å². The van der Waals surface area contributed by atoms with Gasteiger partial charge in [0.25, 0.3) is 5.91 Å². The van der Waals surface area contributed by atoms with Crippen molar-refractivity contribution in [1.29, 1.82) is 0 Å². The molecule has 0 bridgehead atoms. The molecule has 0 unspecified atom stereocenters. The Morgan fingerprint density at radius 1 is 1.31 bits per heavy atom. The third kappa shape index (κ3) is 4.00. The van der Waals surface area contributed by atoms with Crippen LogP contribution in [0, 0.1) is 0 Å². The second kappa shape index (κ2) is 5.75. The molecule has 1 rings (SSSR count). The van der Waals surface area contributed by atoms with Crippen molar-refractivity contribution < 1.29 is 19.5 Å². The lowest BCUT2D eigenvalue weighted by atomic mass is 10.4. The molecule has 9 heteroatoms. The fraction of sp³-hybridized carbons (Fsp3) is 0.286. The van der Waals surface area contributed by atoms with Crippen LogP contribution < -0.4 is 10.6 Å². The van der Waals surface area contributed by atoms with Gasteiger partial charge in [0, 0.05) is 5.38 Å². The number of amides is 2. The highest BCUT2D eigenvalue weighted by Crippen LogP contribution is 1.95. The number of aromatic nitrogens is 2. The number of carbonyl (C=O) groups is 3. The summed E-state index contributed by atoms with van der Waals surface area (Å²) in [6.07, 6.45) is 0. The number of nitrogens with one attached hydrogen (secondary N) is 2. The van der Waals surface area contributed by atoms with Gasteiger partial charge in [0.15, 0.2) is 5.69 Å². The standard InChI is InChI=1S/C7H8N4O4S/c12-5(8-2-6(13)14)1-9-7(15)4-3-16-11-10-4/h3H,1-2H2,(H,8,12)(H,9,15)(H,13,14). The summed E-state index contributed by atoms with van der Waals surface area (Å²) in [5.41, 5.74) is 0.121. The van der Waals surface area contributed by atoms with Crippen molar-refractivity contribution >= 4 is 29.3 Å². The molecule has 3 N–H and O–H groups in total. The molecule has 2 amide bonds. The maximum absolute atomic E-state index is 11.2. The van der Waals surface area contributed by atoms with Crippen LogP contribution in [0.2, 0.25) is 0 Å². The molecule has 0 aromatic carbocycles. The minimum atomic E-state index is -1.15. The summed E-state index contributed by atoms with van der Waals surface area (Å²) in [4.78, 5) is 32.4. The first-order valence-corrected chi connectivity index (χ1v) is 4.97. The fourth-order valence-electron chi connectivity index (χ4n) is 0.751. The lowest BCUT2D eigenvalue weighted by Crippen LogP contribution is -2.39. The zero-order chi connectivity index (χ0) is 12.0. The molecule has 0 saturated heterocycles. The van der Waals surface area contributed by atoms with Gasteiger partial charge in [-0.25, -0.2) is 0 Å². The molecule has 0 aliphatic heterocycles. The van der Waals surface area contributed by atoms with Crippen molar-refractivity contribution in [2.24, 2.45) is 0 Å². The van der Waals surface area contributed by atoms with Gasteiger partial charge in [-0.15, -0.1) is 5.10 Å². The van der Waals surface area contributed by atoms with Crippen molar-refractivity contribution in [3.63, 3.8) is 0 Å². The largest absolute Gasteiger partial charge is 0.480 e. The molecule has 1 heterocycles. The van der Waals surface area contributed by atoms with Gasteiger partial charge in [-0.1, -0.05) is 4.49 Å². The number of nitrogens with zero attached hydrogens (tertiary/aromatic N) is 2. The van der Waals surface area contributed by atoms with E-state index in [0.29, 0.717) is 0 Å². The highest BCUT2D eigenvalue weighted by molar-refractivity contribution is 7.03. The average molecular weight is 244 g/mol. The molecule has 1 aromatic heterocycles. The highest BCUT2D eigenvalue weighted by Gasteiger charge is 2.10. The Bertz CT molecular complexity index is 391. The first-order chi connectivity index (χ1) is 7.59. The van der Waals surface area contributed by atoms with Crippen LogP contribution in [0.25, 0.3) is 0 Å². The van der Waals surface area contributed by atoms with E-state index >= 15 is 0 Å². The molecule has 0 atom stereocenters. The lowest BCUT2D eigenvalue weighted by Gasteiger charge is -2.02. The molecule has 0 fully saturated rings. The molecule has 0 spiro atoms. The van der Waals surface area contributed by atoms with Gasteiger partial charge in [-0.05, 0) is 11.5 Å². The van der Waals surface area contributed by atoms with Crippen LogP contribution in [-0.4, -0.2) is 45.6 Å². The highest BCUT2D eigenvalue weighted by atomic mass is 32.1. The first-order valence-electron chi connectivity index (χ1n) is 4.13. The minimum absolute atomic E-state index is 0.121. The van der Waals surface area contributed by atoms with Crippen LogP contribution in [0.5, 0.6) is 0 Å². The Morgan fingerprint density at radius 2 is 2.06 bits per heavy atom. The van der Waals surface area contributed by atoms with Gasteiger partial charge in [0.05, 0.1) is 6.54 Å². The monoisotopic (exact) mass is 244 g/mol. The summed E-state index contributed by atoms with van der Waals surface area (Å²) in [6.45, 7) is -0.781. The number of carboxylic acid groups (broad SMARTS) is 1. The van der Waals surface area contributed by atoms with E-state index in [-0.39, 0.29) is 12.2 Å². The second-order valence-electron chi connectivity index (χ2n) is 2.64. The Kier molecular flexibility index (Phi) is 4.33. The third-order valence-corrected chi connectivity index (χ3v) is 1.94. The van der Waals surface area contributed by atoms with E-state index in [1.54, 1.807) is 0 Å².